The van der Waals surface area contributed by atoms with E-state index in [0.29, 0.717) is 0 Å². The molecular weight excluding hydrogens is 558 g/mol. The van der Waals surface area contributed by atoms with Crippen LogP contribution in [0.25, 0.3) is 0 Å². The molecule has 6 heteroatoms. The molecule has 0 radical (unpaired) electrons. The SMILES string of the molecule is CCN1C(C)(C)CC(OC2CCC(OC3CC(C)(C)N(CC)C(C)(C)C3)C(OC3CC(C)(C)N(CC)C(C)(C)C3)C2)CC1(C)C. The molecule has 4 rings (SSSR count). The number of ether oxygens (including phenoxy) is 3. The van der Waals surface area contributed by atoms with Crippen molar-refractivity contribution in [3.8, 4) is 0 Å². The molecule has 4 fully saturated rings. The Balaban J connectivity index is 1.53. The van der Waals surface area contributed by atoms with Crippen molar-refractivity contribution in [1.82, 2.24) is 14.7 Å². The quantitative estimate of drug-likeness (QED) is 0.254. The summed E-state index contributed by atoms with van der Waals surface area (Å²) in [5, 5.41) is 0. The number of hydrogen-bond donors (Lipinski definition) is 0. The van der Waals surface area contributed by atoms with Gasteiger partial charge in [-0.25, -0.2) is 0 Å². The molecule has 0 bridgehead atoms. The summed E-state index contributed by atoms with van der Waals surface area (Å²) in [6, 6.07) is 0. The van der Waals surface area contributed by atoms with E-state index in [1.807, 2.05) is 0 Å². The minimum atomic E-state index is 0.0701. The molecule has 0 spiro atoms. The second-order valence-corrected chi connectivity index (χ2v) is 19.1. The topological polar surface area (TPSA) is 37.4 Å². The summed E-state index contributed by atoms with van der Waals surface area (Å²) in [5.74, 6) is 0. The largest absolute Gasteiger partial charge is 0.375 e. The molecule has 0 amide bonds. The van der Waals surface area contributed by atoms with E-state index in [1.165, 1.54) is 0 Å². The summed E-state index contributed by atoms with van der Waals surface area (Å²) in [5.41, 5.74) is 0.711. The summed E-state index contributed by atoms with van der Waals surface area (Å²) >= 11 is 0. The zero-order valence-electron chi connectivity index (χ0n) is 32.5. The Morgan fingerprint density at radius 1 is 0.400 bits per heavy atom. The van der Waals surface area contributed by atoms with Gasteiger partial charge in [-0.05, 0) is 154 Å². The third-order valence-corrected chi connectivity index (χ3v) is 12.5. The van der Waals surface area contributed by atoms with Crippen LogP contribution in [0.5, 0.6) is 0 Å². The molecule has 1 aliphatic carbocycles. The highest BCUT2D eigenvalue weighted by Gasteiger charge is 2.50. The van der Waals surface area contributed by atoms with Crippen molar-refractivity contribution in [3.05, 3.63) is 0 Å². The summed E-state index contributed by atoms with van der Waals surface area (Å²) in [4.78, 5) is 8.03. The molecule has 0 aromatic carbocycles. The summed E-state index contributed by atoms with van der Waals surface area (Å²) in [6.45, 7) is 39.0. The molecule has 4 aliphatic rings. The summed E-state index contributed by atoms with van der Waals surface area (Å²) in [6.07, 6.45) is 10.6. The lowest BCUT2D eigenvalue weighted by Gasteiger charge is -2.57. The first kappa shape index (κ1) is 37.6. The molecule has 264 valence electrons. The minimum Gasteiger partial charge on any atom is -0.375 e. The van der Waals surface area contributed by atoms with Gasteiger partial charge in [-0.1, -0.05) is 20.8 Å². The summed E-state index contributed by atoms with van der Waals surface area (Å²) in [7, 11) is 0. The van der Waals surface area contributed by atoms with Crippen molar-refractivity contribution in [2.75, 3.05) is 19.6 Å². The molecule has 3 saturated heterocycles. The number of piperidine rings is 3. The van der Waals surface area contributed by atoms with E-state index in [9.17, 15) is 0 Å². The van der Waals surface area contributed by atoms with E-state index >= 15 is 0 Å². The fraction of sp³-hybridized carbons (Fsp3) is 1.00. The van der Waals surface area contributed by atoms with E-state index in [2.05, 4.69) is 119 Å². The van der Waals surface area contributed by atoms with Gasteiger partial charge in [0.2, 0.25) is 0 Å². The number of nitrogens with zero attached hydrogens (tertiary/aromatic N) is 3. The van der Waals surface area contributed by atoms with Crippen molar-refractivity contribution < 1.29 is 14.2 Å². The Morgan fingerprint density at radius 3 is 1.00 bits per heavy atom. The Bertz CT molecular complexity index is 934. The highest BCUT2D eigenvalue weighted by molar-refractivity contribution is 5.04. The van der Waals surface area contributed by atoms with Crippen LogP contribution in [0.1, 0.15) is 162 Å². The van der Waals surface area contributed by atoms with Crippen molar-refractivity contribution >= 4 is 0 Å². The van der Waals surface area contributed by atoms with Gasteiger partial charge < -0.3 is 14.2 Å². The molecule has 3 unspecified atom stereocenters. The Labute approximate surface area is 279 Å². The first-order valence-electron chi connectivity index (χ1n) is 18.9. The lowest BCUT2D eigenvalue weighted by Crippen LogP contribution is -2.63. The molecule has 3 heterocycles. The van der Waals surface area contributed by atoms with Gasteiger partial charge in [-0.3, -0.25) is 14.7 Å². The average molecular weight is 634 g/mol. The zero-order chi connectivity index (χ0) is 33.8. The predicted octanol–water partition coefficient (Wildman–Crippen LogP) is 8.45. The van der Waals surface area contributed by atoms with Crippen LogP contribution in [0.4, 0.5) is 0 Å². The van der Waals surface area contributed by atoms with Gasteiger partial charge >= 0.3 is 0 Å². The summed E-state index contributed by atoms with van der Waals surface area (Å²) < 4.78 is 21.6. The maximum Gasteiger partial charge on any atom is 0.0865 e. The third kappa shape index (κ3) is 8.15. The Morgan fingerprint density at radius 2 is 0.689 bits per heavy atom. The second-order valence-electron chi connectivity index (χ2n) is 19.1. The van der Waals surface area contributed by atoms with Crippen LogP contribution in [0.3, 0.4) is 0 Å². The fourth-order valence-electron chi connectivity index (χ4n) is 11.8. The molecule has 0 aromatic rings. The van der Waals surface area contributed by atoms with Gasteiger partial charge in [0.25, 0.3) is 0 Å². The van der Waals surface area contributed by atoms with Gasteiger partial charge in [-0.2, -0.15) is 0 Å². The van der Waals surface area contributed by atoms with Crippen LogP contribution in [0, 0.1) is 0 Å². The van der Waals surface area contributed by atoms with Gasteiger partial charge in [0.1, 0.15) is 0 Å². The van der Waals surface area contributed by atoms with E-state index in [0.717, 1.165) is 77.4 Å². The maximum atomic E-state index is 7.28. The van der Waals surface area contributed by atoms with Crippen LogP contribution in [0.15, 0.2) is 0 Å². The minimum absolute atomic E-state index is 0.0701. The lowest BCUT2D eigenvalue weighted by atomic mass is 9.77. The van der Waals surface area contributed by atoms with E-state index < -0.39 is 0 Å². The monoisotopic (exact) mass is 634 g/mol. The van der Waals surface area contributed by atoms with Crippen molar-refractivity contribution in [2.45, 2.75) is 232 Å². The molecule has 0 aromatic heterocycles. The molecule has 1 saturated carbocycles. The third-order valence-electron chi connectivity index (χ3n) is 12.5. The molecule has 0 N–H and O–H groups in total. The van der Waals surface area contributed by atoms with Gasteiger partial charge in [0.15, 0.2) is 0 Å². The van der Waals surface area contributed by atoms with Crippen molar-refractivity contribution in [2.24, 2.45) is 0 Å². The van der Waals surface area contributed by atoms with Gasteiger partial charge in [0, 0.05) is 39.7 Å². The molecule has 3 aliphatic heterocycles. The molecule has 3 atom stereocenters. The Hall–Kier alpha value is -0.240. The number of likely N-dealkylation sites (tertiary alicyclic amines) is 3. The molecular formula is C39H75N3O3. The van der Waals surface area contributed by atoms with E-state index in [1.54, 1.807) is 0 Å². The van der Waals surface area contributed by atoms with Crippen LogP contribution in [-0.2, 0) is 14.2 Å². The fourth-order valence-corrected chi connectivity index (χ4v) is 11.8. The molecule has 45 heavy (non-hydrogen) atoms. The average Bonchev–Trinajstić information content (AvgIpc) is 2.82. The van der Waals surface area contributed by atoms with Crippen LogP contribution in [-0.4, -0.2) is 104 Å². The zero-order valence-corrected chi connectivity index (χ0v) is 32.5. The van der Waals surface area contributed by atoms with Crippen LogP contribution < -0.4 is 0 Å². The highest BCUT2D eigenvalue weighted by atomic mass is 16.6. The first-order chi connectivity index (χ1) is 20.6. The maximum absolute atomic E-state index is 7.28. The van der Waals surface area contributed by atoms with E-state index in [4.69, 9.17) is 14.2 Å². The molecule has 6 nitrogen and oxygen atoms in total. The predicted molar refractivity (Wildman–Crippen MR) is 189 cm³/mol. The highest BCUT2D eigenvalue weighted by Crippen LogP contribution is 2.45. The van der Waals surface area contributed by atoms with E-state index in [-0.39, 0.29) is 69.9 Å². The number of hydrogen-bond acceptors (Lipinski definition) is 6. The van der Waals surface area contributed by atoms with Gasteiger partial charge in [0.05, 0.1) is 36.6 Å². The van der Waals surface area contributed by atoms with Crippen molar-refractivity contribution in [3.63, 3.8) is 0 Å². The first-order valence-corrected chi connectivity index (χ1v) is 18.9. The van der Waals surface area contributed by atoms with Gasteiger partial charge in [-0.15, -0.1) is 0 Å². The van der Waals surface area contributed by atoms with Crippen LogP contribution >= 0.6 is 0 Å². The normalized spacial score (nSPS) is 34.6. The Kier molecular flexibility index (Phi) is 11.0. The second kappa shape index (κ2) is 13.2. The standard InChI is InChI=1S/C39H75N3O3/c1-16-40-34(4,5)22-29(23-35(40,6)7)43-28-19-20-32(44-30-24-36(8,9)41(17-2)37(10,11)25-30)33(21-28)45-31-26-38(12,13)42(18-3)39(14,15)27-31/h28-33H,16-27H2,1-15H3. The number of rotatable bonds is 9. The van der Waals surface area contributed by atoms with Crippen molar-refractivity contribution in [1.29, 1.82) is 0 Å². The smallest absolute Gasteiger partial charge is 0.0865 e. The van der Waals surface area contributed by atoms with Crippen LogP contribution in [0.2, 0.25) is 0 Å². The lowest BCUT2D eigenvalue weighted by molar-refractivity contribution is -0.209.